The Balaban J connectivity index is 0.000000124. The summed E-state index contributed by atoms with van der Waals surface area (Å²) >= 11 is 3.12. The Morgan fingerprint density at radius 1 is 0.357 bits per heavy atom. The molecule has 3 amide bonds. The molecule has 0 radical (unpaired) electrons. The number of nitrogens with one attached hydrogen (secondary N) is 10. The van der Waals surface area contributed by atoms with Gasteiger partial charge in [0.1, 0.15) is 27.3 Å². The summed E-state index contributed by atoms with van der Waals surface area (Å²) in [6, 6.07) is 66.0. The second-order valence-corrected chi connectivity index (χ2v) is 21.9. The van der Waals surface area contributed by atoms with Crippen molar-refractivity contribution in [1.82, 2.24) is 74.8 Å². The normalized spacial score (nSPS) is 10.5. The maximum absolute atomic E-state index is 11.4. The lowest BCUT2D eigenvalue weighted by Gasteiger charge is -2.03. The number of H-pyrrole nitrogens is 7. The number of aromatic amines is 7. The van der Waals surface area contributed by atoms with Crippen LogP contribution in [0, 0.1) is 0 Å². The van der Waals surface area contributed by atoms with Crippen molar-refractivity contribution in [2.45, 2.75) is 26.8 Å². The Labute approximate surface area is 562 Å². The number of carbonyl (C=O) groups excluding carboxylic acids is 3. The van der Waals surface area contributed by atoms with Gasteiger partial charge in [-0.15, -0.1) is 0 Å². The summed E-state index contributed by atoms with van der Waals surface area (Å²) in [5.41, 5.74) is 5.52. The van der Waals surface area contributed by atoms with E-state index in [0.29, 0.717) is 92.2 Å². The predicted octanol–water partition coefficient (Wildman–Crippen LogP) is 14.0. The summed E-state index contributed by atoms with van der Waals surface area (Å²) in [5, 5.41) is 9.11. The molecule has 0 atom stereocenters. The fourth-order valence-corrected chi connectivity index (χ4v) is 10.1. The molecule has 10 heterocycles. The van der Waals surface area contributed by atoms with Crippen molar-refractivity contribution >= 4 is 115 Å². The molecule has 10 N–H and O–H groups in total. The highest BCUT2D eigenvalue weighted by molar-refractivity contribution is 7.99. The van der Waals surface area contributed by atoms with E-state index in [1.165, 1.54) is 14.2 Å². The molecular weight excluding hydrogens is 1300 g/mol. The molecule has 0 spiro atoms. The van der Waals surface area contributed by atoms with Crippen molar-refractivity contribution in [2.24, 2.45) is 0 Å². The molecular formula is C67H56N18O11S2. The second kappa shape index (κ2) is 32.5. The number of amides is 3. The van der Waals surface area contributed by atoms with Gasteiger partial charge in [-0.2, -0.15) is 29.9 Å². The van der Waals surface area contributed by atoms with E-state index in [1.807, 2.05) is 176 Å². The first-order chi connectivity index (χ1) is 47.8. The number of aromatic nitrogens is 15. The molecule has 5 aromatic carbocycles. The standard InChI is InChI=1S/C15H14N4O3.C14H12N4O3.C14H12N4O2S.C12H9N3O2.C12H9N3OS/c1-2-21-15(20)19-14-16-11-8-9-12(17-13(11)18-14)22-10-6-4-3-5-7-10;2*1-20-14(19)18-13-15-10-7-8-11(16-12(10)17-13)21-9-5-3-2-4-6-9;2*16-12-13-9-6-7-10(14-11(9)15-12)17-8-4-2-1-3-5-8/h3-9H,2H2,1H3,(H2,16,17,18,19,20);2*2-8H,1H3,(H2,15,16,17,18,19);2*1-7H,(H2,13,14,15,16). The van der Waals surface area contributed by atoms with Crippen molar-refractivity contribution in [3.05, 3.63) is 233 Å². The number of anilines is 3. The Bertz CT molecular complexity index is 4990. The lowest BCUT2D eigenvalue weighted by Crippen LogP contribution is -2.14. The third-order valence-corrected chi connectivity index (χ3v) is 14.7. The van der Waals surface area contributed by atoms with Crippen molar-refractivity contribution < 1.29 is 42.8 Å². The molecule has 31 heteroatoms. The number of fused-ring (bicyclic) bond motifs is 5. The fraction of sp³-hybridized carbons (Fsp3) is 0.0597. The Morgan fingerprint density at radius 3 is 1.10 bits per heavy atom. The zero-order chi connectivity index (χ0) is 68.0. The van der Waals surface area contributed by atoms with Gasteiger partial charge in [-0.25, -0.2) is 33.9 Å². The van der Waals surface area contributed by atoms with Crippen LogP contribution in [0.3, 0.4) is 0 Å². The van der Waals surface area contributed by atoms with Gasteiger partial charge in [0, 0.05) is 28.0 Å². The topological polar surface area (TPSA) is 390 Å². The first-order valence-corrected chi connectivity index (χ1v) is 31.1. The van der Waals surface area contributed by atoms with Crippen molar-refractivity contribution in [2.75, 3.05) is 36.8 Å². The van der Waals surface area contributed by atoms with Crippen molar-refractivity contribution in [3.8, 4) is 34.9 Å². The number of hydrogen-bond donors (Lipinski definition) is 10. The minimum atomic E-state index is -0.602. The van der Waals surface area contributed by atoms with Crippen LogP contribution >= 0.6 is 23.5 Å². The average molecular weight is 1350 g/mol. The van der Waals surface area contributed by atoms with Gasteiger partial charge in [0.25, 0.3) is 0 Å². The number of hydrogen-bond acceptors (Lipinski definition) is 21. The largest absolute Gasteiger partial charge is 0.453 e. The number of imidazole rings is 5. The smallest absolute Gasteiger partial charge is 0.413 e. The zero-order valence-corrected chi connectivity index (χ0v) is 53.4. The van der Waals surface area contributed by atoms with E-state index in [-0.39, 0.29) is 23.3 Å². The monoisotopic (exact) mass is 1350 g/mol. The van der Waals surface area contributed by atoms with Crippen LogP contribution in [-0.4, -0.2) is 114 Å². The fourth-order valence-electron chi connectivity index (χ4n) is 8.49. The number of methoxy groups -OCH3 is 2. The van der Waals surface area contributed by atoms with E-state index in [2.05, 4.69) is 100 Å². The summed E-state index contributed by atoms with van der Waals surface area (Å²) in [7, 11) is 2.58. The van der Waals surface area contributed by atoms with Crippen LogP contribution in [0.25, 0.3) is 55.8 Å². The highest BCUT2D eigenvalue weighted by Crippen LogP contribution is 2.30. The van der Waals surface area contributed by atoms with Gasteiger partial charge < -0.3 is 53.3 Å². The number of para-hydroxylation sites is 3. The highest BCUT2D eigenvalue weighted by atomic mass is 32.2. The minimum absolute atomic E-state index is 0.227. The first-order valence-electron chi connectivity index (χ1n) is 29.4. The van der Waals surface area contributed by atoms with Gasteiger partial charge in [-0.05, 0) is 110 Å². The Kier molecular flexibility index (Phi) is 22.0. The Morgan fingerprint density at radius 2 is 0.694 bits per heavy atom. The Hall–Kier alpha value is -13.3. The number of carbonyl (C=O) groups is 3. The maximum Gasteiger partial charge on any atom is 0.413 e. The lowest BCUT2D eigenvalue weighted by atomic mass is 10.3. The summed E-state index contributed by atoms with van der Waals surface area (Å²) in [5.74, 6) is 4.22. The summed E-state index contributed by atoms with van der Waals surface area (Å²) in [6.45, 7) is 2.02. The number of ether oxygens (including phenoxy) is 6. The van der Waals surface area contributed by atoms with Crippen LogP contribution in [0.15, 0.2) is 242 Å². The summed E-state index contributed by atoms with van der Waals surface area (Å²) < 4.78 is 30.6. The molecule has 0 aliphatic heterocycles. The molecule has 10 aromatic heterocycles. The molecule has 0 saturated heterocycles. The third-order valence-electron chi connectivity index (χ3n) is 12.8. The molecule has 15 rings (SSSR count). The van der Waals surface area contributed by atoms with Gasteiger partial charge >= 0.3 is 29.7 Å². The van der Waals surface area contributed by atoms with E-state index in [0.717, 1.165) is 30.9 Å². The van der Waals surface area contributed by atoms with Crippen LogP contribution in [0.2, 0.25) is 0 Å². The van der Waals surface area contributed by atoms with Crippen LogP contribution in [-0.2, 0) is 14.2 Å². The van der Waals surface area contributed by atoms with Gasteiger partial charge in [0.2, 0.25) is 35.5 Å². The van der Waals surface area contributed by atoms with Crippen molar-refractivity contribution in [1.29, 1.82) is 0 Å². The quantitative estimate of drug-likeness (QED) is 0.0452. The molecule has 29 nitrogen and oxygen atoms in total. The molecule has 0 aliphatic carbocycles. The number of nitrogens with zero attached hydrogens (tertiary/aromatic N) is 8. The maximum atomic E-state index is 11.4. The molecule has 492 valence electrons. The summed E-state index contributed by atoms with van der Waals surface area (Å²) in [6.07, 6.45) is -1.75. The van der Waals surface area contributed by atoms with Crippen LogP contribution < -0.4 is 41.5 Å². The van der Waals surface area contributed by atoms with E-state index >= 15 is 0 Å². The van der Waals surface area contributed by atoms with E-state index < -0.39 is 18.3 Å². The van der Waals surface area contributed by atoms with E-state index in [4.69, 9.17) is 18.9 Å². The number of rotatable bonds is 14. The van der Waals surface area contributed by atoms with Crippen LogP contribution in [0.5, 0.6) is 34.9 Å². The van der Waals surface area contributed by atoms with Crippen LogP contribution in [0.1, 0.15) is 6.92 Å². The van der Waals surface area contributed by atoms with E-state index in [9.17, 15) is 24.0 Å². The molecule has 0 aliphatic rings. The average Bonchev–Trinajstić information content (AvgIpc) is 1.71. The summed E-state index contributed by atoms with van der Waals surface area (Å²) in [4.78, 5) is 111. The third kappa shape index (κ3) is 18.9. The highest BCUT2D eigenvalue weighted by Gasteiger charge is 2.14. The van der Waals surface area contributed by atoms with Gasteiger partial charge in [0.15, 0.2) is 28.2 Å². The minimum Gasteiger partial charge on any atom is -0.453 e. The molecule has 98 heavy (non-hydrogen) atoms. The van der Waals surface area contributed by atoms with Gasteiger partial charge in [-0.1, -0.05) is 115 Å². The van der Waals surface area contributed by atoms with Crippen LogP contribution in [0.4, 0.5) is 32.2 Å². The zero-order valence-electron chi connectivity index (χ0n) is 51.8. The second-order valence-electron chi connectivity index (χ2n) is 19.7. The number of benzene rings is 5. The predicted molar refractivity (Wildman–Crippen MR) is 368 cm³/mol. The van der Waals surface area contributed by atoms with Gasteiger partial charge in [-0.3, -0.25) is 25.9 Å². The lowest BCUT2D eigenvalue weighted by molar-refractivity contribution is 0.167. The SMILES string of the molecule is CCOC(=O)Nc1nc2nc(Oc3ccccc3)ccc2[nH]1.COC(=O)Nc1nc2nc(Oc3ccccc3)ccc2[nH]1.COC(=O)Nc1nc2nc(Sc3ccccc3)ccc2[nH]1.O=c1[nH]c2ccc(Oc3ccccc3)nc2[nH]1.O=c1[nH]c2ccc(Sc3ccccc3)nc2[nH]1. The molecule has 15 aromatic rings. The first kappa shape index (κ1) is 66.2. The molecule has 0 unspecified atom stereocenters. The molecule has 0 bridgehead atoms. The van der Waals surface area contributed by atoms with Crippen molar-refractivity contribution in [3.63, 3.8) is 0 Å². The molecule has 0 saturated carbocycles. The molecule has 0 fully saturated rings. The van der Waals surface area contributed by atoms with E-state index in [1.54, 1.807) is 66.8 Å². The van der Waals surface area contributed by atoms with Gasteiger partial charge in [0.05, 0.1) is 48.4 Å². The number of pyridine rings is 5.